The summed E-state index contributed by atoms with van der Waals surface area (Å²) in [6.07, 6.45) is 0.0427. The zero-order chi connectivity index (χ0) is 13.3. The minimum absolute atomic E-state index is 0.0427. The van der Waals surface area contributed by atoms with Crippen molar-refractivity contribution in [2.45, 2.75) is 20.3 Å². The van der Waals surface area contributed by atoms with E-state index in [0.717, 1.165) is 27.1 Å². The van der Waals surface area contributed by atoms with Gasteiger partial charge in [-0.1, -0.05) is 12.1 Å². The molecule has 0 aliphatic rings. The third-order valence-electron chi connectivity index (χ3n) is 2.74. The van der Waals surface area contributed by atoms with E-state index in [1.807, 2.05) is 42.8 Å². The van der Waals surface area contributed by atoms with E-state index in [2.05, 4.69) is 21.0 Å². The van der Waals surface area contributed by atoms with Crippen LogP contribution in [0.3, 0.4) is 0 Å². The van der Waals surface area contributed by atoms with Crippen LogP contribution in [0, 0.1) is 13.8 Å². The molecule has 2 rings (SSSR count). The summed E-state index contributed by atoms with van der Waals surface area (Å²) < 4.78 is 2.83. The zero-order valence-corrected chi connectivity index (χ0v) is 11.7. The van der Waals surface area contributed by atoms with Gasteiger partial charge in [-0.15, -0.1) is 0 Å². The molecular formula is C13H13BrN2O2. The SMILES string of the molecule is Cc1nn(-c2ccc(CC(=O)O)cc2)c(C)c1Br. The first-order valence-electron chi connectivity index (χ1n) is 5.52. The van der Waals surface area contributed by atoms with Gasteiger partial charge in [-0.3, -0.25) is 4.79 Å². The molecule has 18 heavy (non-hydrogen) atoms. The third-order valence-corrected chi connectivity index (χ3v) is 3.89. The topological polar surface area (TPSA) is 55.1 Å². The van der Waals surface area contributed by atoms with Crippen LogP contribution in [0.2, 0.25) is 0 Å². The molecule has 0 aliphatic carbocycles. The van der Waals surface area contributed by atoms with Crippen molar-refractivity contribution in [3.8, 4) is 5.69 Å². The molecule has 0 aliphatic heterocycles. The van der Waals surface area contributed by atoms with Crippen molar-refractivity contribution in [3.05, 3.63) is 45.7 Å². The highest BCUT2D eigenvalue weighted by atomic mass is 79.9. The summed E-state index contributed by atoms with van der Waals surface area (Å²) in [6.45, 7) is 3.92. The van der Waals surface area contributed by atoms with E-state index in [-0.39, 0.29) is 6.42 Å². The number of carboxylic acids is 1. The standard InChI is InChI=1S/C13H13BrN2O2/c1-8-13(14)9(2)16(15-8)11-5-3-10(4-6-11)7-12(17)18/h3-6H,7H2,1-2H3,(H,17,18). The maximum absolute atomic E-state index is 10.6. The molecule has 0 radical (unpaired) electrons. The van der Waals surface area contributed by atoms with E-state index in [1.165, 1.54) is 0 Å². The van der Waals surface area contributed by atoms with Gasteiger partial charge in [-0.25, -0.2) is 4.68 Å². The predicted octanol–water partition coefficient (Wildman–Crippen LogP) is 2.88. The molecule has 0 saturated carbocycles. The third kappa shape index (κ3) is 2.46. The van der Waals surface area contributed by atoms with Crippen LogP contribution in [0.1, 0.15) is 17.0 Å². The molecule has 0 fully saturated rings. The van der Waals surface area contributed by atoms with Crippen LogP contribution in [-0.2, 0) is 11.2 Å². The molecule has 4 nitrogen and oxygen atoms in total. The van der Waals surface area contributed by atoms with Crippen molar-refractivity contribution >= 4 is 21.9 Å². The Hall–Kier alpha value is -1.62. The average molecular weight is 309 g/mol. The fourth-order valence-corrected chi connectivity index (χ4v) is 2.05. The lowest BCUT2D eigenvalue weighted by Gasteiger charge is -2.05. The van der Waals surface area contributed by atoms with Crippen molar-refractivity contribution in [1.82, 2.24) is 9.78 Å². The number of hydrogen-bond donors (Lipinski definition) is 1. The molecule has 0 bridgehead atoms. The van der Waals surface area contributed by atoms with Crippen LogP contribution < -0.4 is 0 Å². The Morgan fingerprint density at radius 2 is 1.94 bits per heavy atom. The first-order chi connectivity index (χ1) is 8.49. The number of nitrogens with zero attached hydrogens (tertiary/aromatic N) is 2. The first-order valence-corrected chi connectivity index (χ1v) is 6.31. The van der Waals surface area contributed by atoms with Gasteiger partial charge in [0.1, 0.15) is 0 Å². The monoisotopic (exact) mass is 308 g/mol. The first kappa shape index (κ1) is 12.8. The number of aliphatic carboxylic acids is 1. The molecule has 0 saturated heterocycles. The van der Waals surface area contributed by atoms with E-state index in [9.17, 15) is 4.79 Å². The summed E-state index contributed by atoms with van der Waals surface area (Å²) in [7, 11) is 0. The van der Waals surface area contributed by atoms with Crippen molar-refractivity contribution in [2.75, 3.05) is 0 Å². The average Bonchev–Trinajstić information content (AvgIpc) is 2.57. The van der Waals surface area contributed by atoms with Crippen molar-refractivity contribution < 1.29 is 9.90 Å². The highest BCUT2D eigenvalue weighted by Gasteiger charge is 2.10. The summed E-state index contributed by atoms with van der Waals surface area (Å²) in [5.41, 5.74) is 3.67. The molecular weight excluding hydrogens is 296 g/mol. The van der Waals surface area contributed by atoms with Crippen molar-refractivity contribution in [3.63, 3.8) is 0 Å². The second-order valence-electron chi connectivity index (χ2n) is 4.13. The minimum Gasteiger partial charge on any atom is -0.481 e. The lowest BCUT2D eigenvalue weighted by atomic mass is 10.1. The fraction of sp³-hybridized carbons (Fsp3) is 0.231. The second kappa shape index (κ2) is 4.94. The van der Waals surface area contributed by atoms with E-state index in [4.69, 9.17) is 5.11 Å². The van der Waals surface area contributed by atoms with Crippen molar-refractivity contribution in [1.29, 1.82) is 0 Å². The van der Waals surface area contributed by atoms with Gasteiger partial charge in [0.05, 0.1) is 28.0 Å². The smallest absolute Gasteiger partial charge is 0.307 e. The molecule has 1 aromatic heterocycles. The van der Waals surface area contributed by atoms with Crippen LogP contribution in [0.4, 0.5) is 0 Å². The largest absolute Gasteiger partial charge is 0.481 e. The molecule has 2 aromatic rings. The normalized spacial score (nSPS) is 10.6. The van der Waals surface area contributed by atoms with Crippen LogP contribution >= 0.6 is 15.9 Å². The van der Waals surface area contributed by atoms with Gasteiger partial charge < -0.3 is 5.11 Å². The van der Waals surface area contributed by atoms with Gasteiger partial charge in [-0.05, 0) is 47.5 Å². The summed E-state index contributed by atoms with van der Waals surface area (Å²) in [5.74, 6) is -0.823. The van der Waals surface area contributed by atoms with Gasteiger partial charge in [0, 0.05) is 0 Å². The van der Waals surface area contributed by atoms with E-state index in [1.54, 1.807) is 0 Å². The number of carboxylic acid groups (broad SMARTS) is 1. The molecule has 1 aromatic carbocycles. The van der Waals surface area contributed by atoms with Crippen LogP contribution in [-0.4, -0.2) is 20.9 Å². The summed E-state index contributed by atoms with van der Waals surface area (Å²) in [4.78, 5) is 10.6. The van der Waals surface area contributed by atoms with Gasteiger partial charge >= 0.3 is 5.97 Å². The molecule has 1 N–H and O–H groups in total. The number of aromatic nitrogens is 2. The lowest BCUT2D eigenvalue weighted by Crippen LogP contribution is -2.02. The Labute approximate surface area is 113 Å². The molecule has 5 heteroatoms. The Morgan fingerprint density at radius 3 is 2.39 bits per heavy atom. The van der Waals surface area contributed by atoms with Gasteiger partial charge in [0.2, 0.25) is 0 Å². The number of benzene rings is 1. The molecule has 0 unspecified atom stereocenters. The number of rotatable bonds is 3. The van der Waals surface area contributed by atoms with E-state index >= 15 is 0 Å². The quantitative estimate of drug-likeness (QED) is 0.948. The van der Waals surface area contributed by atoms with E-state index < -0.39 is 5.97 Å². The Bertz CT molecular complexity index is 588. The highest BCUT2D eigenvalue weighted by molar-refractivity contribution is 9.10. The van der Waals surface area contributed by atoms with Gasteiger partial charge in [-0.2, -0.15) is 5.10 Å². The lowest BCUT2D eigenvalue weighted by molar-refractivity contribution is -0.136. The Kier molecular flexibility index (Phi) is 3.52. The maximum atomic E-state index is 10.6. The van der Waals surface area contributed by atoms with Gasteiger partial charge in [0.25, 0.3) is 0 Å². The number of halogens is 1. The van der Waals surface area contributed by atoms with Crippen molar-refractivity contribution in [2.24, 2.45) is 0 Å². The summed E-state index contributed by atoms with van der Waals surface area (Å²) in [5, 5.41) is 13.1. The minimum atomic E-state index is -0.823. The summed E-state index contributed by atoms with van der Waals surface area (Å²) >= 11 is 3.48. The Balaban J connectivity index is 2.34. The predicted molar refractivity (Wildman–Crippen MR) is 72.1 cm³/mol. The molecule has 0 spiro atoms. The number of carbonyl (C=O) groups is 1. The Morgan fingerprint density at radius 1 is 1.33 bits per heavy atom. The highest BCUT2D eigenvalue weighted by Crippen LogP contribution is 2.23. The fourth-order valence-electron chi connectivity index (χ4n) is 1.80. The summed E-state index contributed by atoms with van der Waals surface area (Å²) in [6, 6.07) is 7.38. The van der Waals surface area contributed by atoms with Crippen LogP contribution in [0.25, 0.3) is 5.69 Å². The zero-order valence-electron chi connectivity index (χ0n) is 10.1. The molecule has 0 atom stereocenters. The number of aryl methyl sites for hydroxylation is 1. The van der Waals surface area contributed by atoms with E-state index in [0.29, 0.717) is 0 Å². The molecule has 0 amide bonds. The molecule has 1 heterocycles. The van der Waals surface area contributed by atoms with Crippen LogP contribution in [0.5, 0.6) is 0 Å². The van der Waals surface area contributed by atoms with Gasteiger partial charge in [0.15, 0.2) is 0 Å². The number of hydrogen-bond acceptors (Lipinski definition) is 2. The van der Waals surface area contributed by atoms with Crippen LogP contribution in [0.15, 0.2) is 28.7 Å². The maximum Gasteiger partial charge on any atom is 0.307 e. The second-order valence-corrected chi connectivity index (χ2v) is 4.93. The molecule has 94 valence electrons.